The predicted molar refractivity (Wildman–Crippen MR) is 110 cm³/mol. The minimum Gasteiger partial charge on any atom is -0.481 e. The van der Waals surface area contributed by atoms with Crippen LogP contribution in [0.1, 0.15) is 35.8 Å². The molecular weight excluding hydrogens is 372 g/mol. The van der Waals surface area contributed by atoms with Crippen molar-refractivity contribution in [3.8, 4) is 0 Å². The van der Waals surface area contributed by atoms with Crippen molar-refractivity contribution in [1.82, 2.24) is 4.90 Å². The third-order valence-corrected chi connectivity index (χ3v) is 7.49. The van der Waals surface area contributed by atoms with Gasteiger partial charge in [0.05, 0.1) is 5.92 Å². The number of piperidine rings is 1. The van der Waals surface area contributed by atoms with Crippen molar-refractivity contribution in [2.75, 3.05) is 13.1 Å². The molecule has 2 heterocycles. The average molecular weight is 397 g/mol. The lowest BCUT2D eigenvalue weighted by molar-refractivity contribution is -0.139. The number of nitrogens with zero attached hydrogens (tertiary/aromatic N) is 1. The highest BCUT2D eigenvalue weighted by molar-refractivity contribution is 8.00. The second kappa shape index (κ2) is 7.87. The first-order chi connectivity index (χ1) is 13.5. The predicted octanol–water partition coefficient (Wildman–Crippen LogP) is 3.90. The molecule has 2 amide bonds. The number of thioether (sulfide) groups is 1. The van der Waals surface area contributed by atoms with Crippen molar-refractivity contribution in [2.45, 2.75) is 34.8 Å². The van der Waals surface area contributed by atoms with E-state index in [9.17, 15) is 14.7 Å². The molecule has 0 aliphatic carbocycles. The van der Waals surface area contributed by atoms with Crippen LogP contribution in [0.25, 0.3) is 0 Å². The number of likely N-dealkylation sites (tertiary alicyclic amines) is 1. The van der Waals surface area contributed by atoms with Crippen LogP contribution in [-0.4, -0.2) is 40.3 Å². The SMILES string of the molecule is NC(=O)N1CCC(C2CC(C(=O)O)c3ccccc3S2)C(c2ccccc2)C1. The van der Waals surface area contributed by atoms with Gasteiger partial charge in [0, 0.05) is 29.2 Å². The number of carboxylic acids is 1. The zero-order valence-corrected chi connectivity index (χ0v) is 16.3. The summed E-state index contributed by atoms with van der Waals surface area (Å²) in [6.45, 7) is 1.21. The number of benzene rings is 2. The van der Waals surface area contributed by atoms with Crippen LogP contribution in [0.2, 0.25) is 0 Å². The van der Waals surface area contributed by atoms with Crippen molar-refractivity contribution in [3.63, 3.8) is 0 Å². The molecule has 0 spiro atoms. The van der Waals surface area contributed by atoms with Gasteiger partial charge in [-0.3, -0.25) is 4.79 Å². The highest BCUT2D eigenvalue weighted by atomic mass is 32.2. The van der Waals surface area contributed by atoms with E-state index in [1.165, 1.54) is 5.56 Å². The van der Waals surface area contributed by atoms with Gasteiger partial charge in [-0.05, 0) is 36.0 Å². The van der Waals surface area contributed by atoms with Crippen molar-refractivity contribution >= 4 is 23.8 Å². The van der Waals surface area contributed by atoms with Gasteiger partial charge in [-0.25, -0.2) is 4.79 Å². The number of rotatable bonds is 3. The molecule has 0 bridgehead atoms. The Balaban J connectivity index is 1.66. The standard InChI is InChI=1S/C22H24N2O3S/c23-22(27)24-11-10-16(18(13-24)14-6-2-1-3-7-14)20-12-17(21(25)26)15-8-4-5-9-19(15)28-20/h1-9,16-18,20H,10-13H2,(H2,23,27)(H,25,26). The quantitative estimate of drug-likeness (QED) is 0.824. The summed E-state index contributed by atoms with van der Waals surface area (Å²) in [5.74, 6) is -0.797. The fourth-order valence-electron chi connectivity index (χ4n) is 4.61. The minimum absolute atomic E-state index is 0.152. The molecule has 2 aromatic rings. The topological polar surface area (TPSA) is 83.6 Å². The van der Waals surface area contributed by atoms with Gasteiger partial charge in [-0.1, -0.05) is 48.5 Å². The summed E-state index contributed by atoms with van der Waals surface area (Å²) in [4.78, 5) is 26.5. The van der Waals surface area contributed by atoms with Crippen molar-refractivity contribution in [2.24, 2.45) is 11.7 Å². The molecule has 4 rings (SSSR count). The summed E-state index contributed by atoms with van der Waals surface area (Å²) in [5.41, 5.74) is 7.66. The van der Waals surface area contributed by atoms with Gasteiger partial charge in [0.2, 0.25) is 0 Å². The average Bonchev–Trinajstić information content (AvgIpc) is 2.73. The van der Waals surface area contributed by atoms with Gasteiger partial charge in [-0.15, -0.1) is 11.8 Å². The highest BCUT2D eigenvalue weighted by Crippen LogP contribution is 2.49. The molecule has 4 unspecified atom stereocenters. The molecule has 2 aromatic carbocycles. The highest BCUT2D eigenvalue weighted by Gasteiger charge is 2.41. The third-order valence-electron chi connectivity index (χ3n) is 6.02. The molecule has 3 N–H and O–H groups in total. The molecule has 6 heteroatoms. The van der Waals surface area contributed by atoms with E-state index in [0.29, 0.717) is 25.4 Å². The maximum Gasteiger partial charge on any atom is 0.314 e. The normalized spacial score (nSPS) is 27.1. The number of primary amides is 1. The van der Waals surface area contributed by atoms with E-state index in [0.717, 1.165) is 16.9 Å². The van der Waals surface area contributed by atoms with Crippen LogP contribution in [0.4, 0.5) is 4.79 Å². The fraction of sp³-hybridized carbons (Fsp3) is 0.364. The van der Waals surface area contributed by atoms with Gasteiger partial charge < -0.3 is 15.7 Å². The van der Waals surface area contributed by atoms with Gasteiger partial charge in [-0.2, -0.15) is 0 Å². The molecule has 5 nitrogen and oxygen atoms in total. The van der Waals surface area contributed by atoms with Crippen LogP contribution in [0.15, 0.2) is 59.5 Å². The number of urea groups is 1. The number of aliphatic carboxylic acids is 1. The van der Waals surface area contributed by atoms with Crippen LogP contribution in [-0.2, 0) is 4.79 Å². The Morgan fingerprint density at radius 2 is 1.79 bits per heavy atom. The molecule has 2 aliphatic rings. The van der Waals surface area contributed by atoms with E-state index in [-0.39, 0.29) is 17.2 Å². The number of hydrogen-bond donors (Lipinski definition) is 2. The number of amides is 2. The lowest BCUT2D eigenvalue weighted by Crippen LogP contribution is -2.48. The van der Waals surface area contributed by atoms with Crippen LogP contribution in [0.5, 0.6) is 0 Å². The van der Waals surface area contributed by atoms with E-state index >= 15 is 0 Å². The second-order valence-corrected chi connectivity index (χ2v) is 8.86. The number of fused-ring (bicyclic) bond motifs is 1. The summed E-state index contributed by atoms with van der Waals surface area (Å²) in [6.07, 6.45) is 1.44. The Kier molecular flexibility index (Phi) is 5.31. The van der Waals surface area contributed by atoms with Gasteiger partial charge in [0.15, 0.2) is 0 Å². The van der Waals surface area contributed by atoms with E-state index in [1.807, 2.05) is 42.5 Å². The van der Waals surface area contributed by atoms with Crippen LogP contribution < -0.4 is 5.73 Å². The molecule has 1 fully saturated rings. The molecule has 146 valence electrons. The molecule has 0 radical (unpaired) electrons. The zero-order valence-electron chi connectivity index (χ0n) is 15.5. The monoisotopic (exact) mass is 396 g/mol. The molecule has 2 aliphatic heterocycles. The van der Waals surface area contributed by atoms with Crippen molar-refractivity contribution in [1.29, 1.82) is 0 Å². The maximum absolute atomic E-state index is 12.0. The minimum atomic E-state index is -0.761. The first-order valence-electron chi connectivity index (χ1n) is 9.62. The number of carboxylic acid groups (broad SMARTS) is 1. The van der Waals surface area contributed by atoms with E-state index in [4.69, 9.17) is 5.73 Å². The summed E-state index contributed by atoms with van der Waals surface area (Å²) in [6, 6.07) is 17.7. The first-order valence-corrected chi connectivity index (χ1v) is 10.5. The van der Waals surface area contributed by atoms with Gasteiger partial charge >= 0.3 is 12.0 Å². The molecule has 28 heavy (non-hydrogen) atoms. The van der Waals surface area contributed by atoms with Crippen LogP contribution in [0.3, 0.4) is 0 Å². The van der Waals surface area contributed by atoms with E-state index in [1.54, 1.807) is 16.7 Å². The lowest BCUT2D eigenvalue weighted by Gasteiger charge is -2.43. The summed E-state index contributed by atoms with van der Waals surface area (Å²) < 4.78 is 0. The van der Waals surface area contributed by atoms with Crippen LogP contribution in [0, 0.1) is 5.92 Å². The number of hydrogen-bond acceptors (Lipinski definition) is 3. The third kappa shape index (κ3) is 3.61. The Bertz CT molecular complexity index is 873. The molecule has 1 saturated heterocycles. The summed E-state index contributed by atoms with van der Waals surface area (Å²) in [5, 5.41) is 10.0. The Labute approximate surface area is 168 Å². The first kappa shape index (κ1) is 18.9. The van der Waals surface area contributed by atoms with Crippen LogP contribution >= 0.6 is 11.8 Å². The Hall–Kier alpha value is -2.47. The Morgan fingerprint density at radius 3 is 2.50 bits per heavy atom. The largest absolute Gasteiger partial charge is 0.481 e. The van der Waals surface area contributed by atoms with Crippen molar-refractivity contribution < 1.29 is 14.7 Å². The zero-order chi connectivity index (χ0) is 19.7. The maximum atomic E-state index is 12.0. The number of nitrogens with two attached hydrogens (primary N) is 1. The number of carbonyl (C=O) groups excluding carboxylic acids is 1. The second-order valence-electron chi connectivity index (χ2n) is 7.57. The fourth-order valence-corrected chi connectivity index (χ4v) is 6.23. The Morgan fingerprint density at radius 1 is 1.07 bits per heavy atom. The molecule has 0 aromatic heterocycles. The molecule has 4 atom stereocenters. The van der Waals surface area contributed by atoms with E-state index in [2.05, 4.69) is 12.1 Å². The van der Waals surface area contributed by atoms with Gasteiger partial charge in [0.1, 0.15) is 0 Å². The van der Waals surface area contributed by atoms with E-state index < -0.39 is 11.9 Å². The molecule has 0 saturated carbocycles. The van der Waals surface area contributed by atoms with Gasteiger partial charge in [0.25, 0.3) is 0 Å². The summed E-state index contributed by atoms with van der Waals surface area (Å²) >= 11 is 1.79. The molecular formula is C22H24N2O3S. The summed E-state index contributed by atoms with van der Waals surface area (Å²) in [7, 11) is 0. The smallest absolute Gasteiger partial charge is 0.314 e. The van der Waals surface area contributed by atoms with Crippen molar-refractivity contribution in [3.05, 3.63) is 65.7 Å². The lowest BCUT2D eigenvalue weighted by atomic mass is 9.76. The number of carbonyl (C=O) groups is 2.